The SMILES string of the molecule is CC(C)=Cc1cccc(O)c1C. The number of benzene rings is 1. The summed E-state index contributed by atoms with van der Waals surface area (Å²) in [6, 6.07) is 5.57. The van der Waals surface area contributed by atoms with Crippen molar-refractivity contribution in [2.24, 2.45) is 0 Å². The number of phenols is 1. The van der Waals surface area contributed by atoms with Gasteiger partial charge in [0.1, 0.15) is 5.75 Å². The lowest BCUT2D eigenvalue weighted by molar-refractivity contribution is 0.471. The van der Waals surface area contributed by atoms with Crippen LogP contribution in [-0.4, -0.2) is 5.11 Å². The first kappa shape index (κ1) is 8.85. The van der Waals surface area contributed by atoms with Crippen molar-refractivity contribution >= 4 is 6.08 Å². The van der Waals surface area contributed by atoms with Gasteiger partial charge in [0.2, 0.25) is 0 Å². The number of hydrogen-bond donors (Lipinski definition) is 1. The van der Waals surface area contributed by atoms with Crippen LogP contribution in [0.25, 0.3) is 6.08 Å². The summed E-state index contributed by atoms with van der Waals surface area (Å²) in [5, 5.41) is 9.38. The van der Waals surface area contributed by atoms with Gasteiger partial charge in [0, 0.05) is 0 Å². The zero-order valence-electron chi connectivity index (χ0n) is 7.76. The Morgan fingerprint density at radius 1 is 1.33 bits per heavy atom. The van der Waals surface area contributed by atoms with Crippen molar-refractivity contribution in [1.29, 1.82) is 0 Å². The van der Waals surface area contributed by atoms with Gasteiger partial charge >= 0.3 is 0 Å². The van der Waals surface area contributed by atoms with Gasteiger partial charge in [-0.15, -0.1) is 0 Å². The molecule has 0 fully saturated rings. The van der Waals surface area contributed by atoms with Crippen molar-refractivity contribution < 1.29 is 5.11 Å². The fourth-order valence-electron chi connectivity index (χ4n) is 1.11. The highest BCUT2D eigenvalue weighted by Gasteiger charge is 1.98. The maximum absolute atomic E-state index is 9.38. The Bertz CT molecular complexity index is 307. The molecule has 0 radical (unpaired) electrons. The molecule has 1 aromatic carbocycles. The number of rotatable bonds is 1. The predicted octanol–water partition coefficient (Wildman–Crippen LogP) is 3.12. The summed E-state index contributed by atoms with van der Waals surface area (Å²) >= 11 is 0. The van der Waals surface area contributed by atoms with Crippen molar-refractivity contribution in [2.45, 2.75) is 20.8 Å². The molecule has 1 N–H and O–H groups in total. The smallest absolute Gasteiger partial charge is 0.119 e. The van der Waals surface area contributed by atoms with Gasteiger partial charge in [-0.25, -0.2) is 0 Å². The fourth-order valence-corrected chi connectivity index (χ4v) is 1.11. The summed E-state index contributed by atoms with van der Waals surface area (Å²) in [4.78, 5) is 0. The maximum Gasteiger partial charge on any atom is 0.119 e. The second-order valence-corrected chi connectivity index (χ2v) is 3.21. The Morgan fingerprint density at radius 3 is 2.58 bits per heavy atom. The van der Waals surface area contributed by atoms with Crippen LogP contribution in [0.15, 0.2) is 23.8 Å². The molecule has 0 aliphatic rings. The van der Waals surface area contributed by atoms with E-state index in [1.54, 1.807) is 6.07 Å². The second kappa shape index (κ2) is 3.44. The molecule has 0 heterocycles. The number of allylic oxidation sites excluding steroid dienone is 1. The summed E-state index contributed by atoms with van der Waals surface area (Å²) < 4.78 is 0. The van der Waals surface area contributed by atoms with E-state index in [0.717, 1.165) is 11.1 Å². The highest BCUT2D eigenvalue weighted by molar-refractivity contribution is 5.58. The molecule has 0 aromatic heterocycles. The van der Waals surface area contributed by atoms with E-state index in [4.69, 9.17) is 0 Å². The van der Waals surface area contributed by atoms with Gasteiger partial charge in [0.05, 0.1) is 0 Å². The molecule has 0 aliphatic carbocycles. The van der Waals surface area contributed by atoms with Gasteiger partial charge < -0.3 is 5.11 Å². The largest absolute Gasteiger partial charge is 0.508 e. The molecular weight excluding hydrogens is 148 g/mol. The molecule has 1 rings (SSSR count). The summed E-state index contributed by atoms with van der Waals surface area (Å²) in [6.07, 6.45) is 2.06. The molecule has 1 aromatic rings. The van der Waals surface area contributed by atoms with Crippen LogP contribution >= 0.6 is 0 Å². The third kappa shape index (κ3) is 1.88. The lowest BCUT2D eigenvalue weighted by atomic mass is 10.1. The average Bonchev–Trinajstić information content (AvgIpc) is 1.98. The van der Waals surface area contributed by atoms with E-state index < -0.39 is 0 Å². The normalized spacial score (nSPS) is 9.58. The summed E-state index contributed by atoms with van der Waals surface area (Å²) in [7, 11) is 0. The second-order valence-electron chi connectivity index (χ2n) is 3.21. The molecule has 0 aliphatic heterocycles. The van der Waals surface area contributed by atoms with E-state index in [0.29, 0.717) is 5.75 Å². The van der Waals surface area contributed by atoms with Gasteiger partial charge in [-0.1, -0.05) is 23.8 Å². The van der Waals surface area contributed by atoms with Crippen LogP contribution in [0.5, 0.6) is 5.75 Å². The quantitative estimate of drug-likeness (QED) is 0.672. The number of aromatic hydroxyl groups is 1. The monoisotopic (exact) mass is 162 g/mol. The van der Waals surface area contributed by atoms with E-state index >= 15 is 0 Å². The van der Waals surface area contributed by atoms with Crippen LogP contribution in [0, 0.1) is 6.92 Å². The van der Waals surface area contributed by atoms with Crippen LogP contribution in [0.1, 0.15) is 25.0 Å². The van der Waals surface area contributed by atoms with Gasteiger partial charge in [-0.05, 0) is 38.0 Å². The minimum atomic E-state index is 0.366. The van der Waals surface area contributed by atoms with Crippen LogP contribution in [0.4, 0.5) is 0 Å². The highest BCUT2D eigenvalue weighted by Crippen LogP contribution is 2.21. The molecule has 12 heavy (non-hydrogen) atoms. The Kier molecular flexibility index (Phi) is 2.54. The Balaban J connectivity index is 3.17. The number of hydrogen-bond acceptors (Lipinski definition) is 1. The molecular formula is C11H14O. The van der Waals surface area contributed by atoms with Crippen molar-refractivity contribution in [3.8, 4) is 5.75 Å². The zero-order chi connectivity index (χ0) is 9.14. The topological polar surface area (TPSA) is 20.2 Å². The first-order valence-electron chi connectivity index (χ1n) is 4.04. The maximum atomic E-state index is 9.38. The summed E-state index contributed by atoms with van der Waals surface area (Å²) in [5.41, 5.74) is 3.28. The third-order valence-corrected chi connectivity index (χ3v) is 1.79. The predicted molar refractivity (Wildman–Crippen MR) is 52.2 cm³/mol. The Morgan fingerprint density at radius 2 is 2.00 bits per heavy atom. The Hall–Kier alpha value is -1.24. The van der Waals surface area contributed by atoms with Crippen LogP contribution < -0.4 is 0 Å². The van der Waals surface area contributed by atoms with Gasteiger partial charge in [-0.3, -0.25) is 0 Å². The fraction of sp³-hybridized carbons (Fsp3) is 0.273. The summed E-state index contributed by atoms with van der Waals surface area (Å²) in [5.74, 6) is 0.366. The molecule has 0 saturated carbocycles. The van der Waals surface area contributed by atoms with E-state index in [1.165, 1.54) is 5.57 Å². The molecule has 1 heteroatoms. The lowest BCUT2D eigenvalue weighted by Gasteiger charge is -2.02. The molecule has 1 nitrogen and oxygen atoms in total. The minimum Gasteiger partial charge on any atom is -0.508 e. The van der Waals surface area contributed by atoms with E-state index in [-0.39, 0.29) is 0 Å². The molecule has 0 spiro atoms. The van der Waals surface area contributed by atoms with Crippen LogP contribution in [-0.2, 0) is 0 Å². The van der Waals surface area contributed by atoms with Crippen molar-refractivity contribution in [3.05, 3.63) is 34.9 Å². The highest BCUT2D eigenvalue weighted by atomic mass is 16.3. The van der Waals surface area contributed by atoms with Gasteiger partial charge in [0.25, 0.3) is 0 Å². The first-order valence-corrected chi connectivity index (χ1v) is 4.04. The van der Waals surface area contributed by atoms with Gasteiger partial charge in [0.15, 0.2) is 0 Å². The van der Waals surface area contributed by atoms with E-state index in [9.17, 15) is 5.11 Å². The molecule has 0 bridgehead atoms. The lowest BCUT2D eigenvalue weighted by Crippen LogP contribution is -1.81. The van der Waals surface area contributed by atoms with E-state index in [2.05, 4.69) is 6.08 Å². The first-order chi connectivity index (χ1) is 5.61. The zero-order valence-corrected chi connectivity index (χ0v) is 7.76. The Labute approximate surface area is 73.4 Å². The van der Waals surface area contributed by atoms with Crippen molar-refractivity contribution in [2.75, 3.05) is 0 Å². The average molecular weight is 162 g/mol. The standard InChI is InChI=1S/C11H14O/c1-8(2)7-10-5-4-6-11(12)9(10)3/h4-7,12H,1-3H3. The van der Waals surface area contributed by atoms with Crippen molar-refractivity contribution in [1.82, 2.24) is 0 Å². The third-order valence-electron chi connectivity index (χ3n) is 1.79. The number of phenolic OH excluding ortho intramolecular Hbond substituents is 1. The molecule has 0 unspecified atom stereocenters. The van der Waals surface area contributed by atoms with Crippen LogP contribution in [0.3, 0.4) is 0 Å². The molecule has 0 atom stereocenters. The van der Waals surface area contributed by atoms with Crippen LogP contribution in [0.2, 0.25) is 0 Å². The molecule has 0 saturated heterocycles. The molecule has 64 valence electrons. The minimum absolute atomic E-state index is 0.366. The van der Waals surface area contributed by atoms with Crippen molar-refractivity contribution in [3.63, 3.8) is 0 Å². The van der Waals surface area contributed by atoms with E-state index in [1.807, 2.05) is 32.9 Å². The molecule has 0 amide bonds. The van der Waals surface area contributed by atoms with Gasteiger partial charge in [-0.2, -0.15) is 0 Å². The summed E-state index contributed by atoms with van der Waals surface area (Å²) in [6.45, 7) is 6.01.